The SMILES string of the molecule is CCCOc1cccc(Nc2ccn(C)n2)c1[N+](=O)[O-]. The van der Waals surface area contributed by atoms with Gasteiger partial charge in [-0.1, -0.05) is 13.0 Å². The number of aryl methyl sites for hydroxylation is 1. The Morgan fingerprint density at radius 3 is 2.85 bits per heavy atom. The van der Waals surface area contributed by atoms with Crippen molar-refractivity contribution in [2.45, 2.75) is 13.3 Å². The third-order valence-electron chi connectivity index (χ3n) is 2.62. The van der Waals surface area contributed by atoms with Gasteiger partial charge in [-0.05, 0) is 18.6 Å². The summed E-state index contributed by atoms with van der Waals surface area (Å²) in [5.41, 5.74) is 0.286. The Bertz CT molecular complexity index is 609. The number of anilines is 2. The van der Waals surface area contributed by atoms with Gasteiger partial charge in [0.2, 0.25) is 0 Å². The van der Waals surface area contributed by atoms with Crippen molar-refractivity contribution in [2.24, 2.45) is 7.05 Å². The van der Waals surface area contributed by atoms with Gasteiger partial charge in [0.15, 0.2) is 11.6 Å². The van der Waals surface area contributed by atoms with E-state index in [1.165, 1.54) is 0 Å². The normalized spacial score (nSPS) is 10.3. The quantitative estimate of drug-likeness (QED) is 0.648. The van der Waals surface area contributed by atoms with Crippen LogP contribution in [0.2, 0.25) is 0 Å². The van der Waals surface area contributed by atoms with Crippen molar-refractivity contribution in [3.63, 3.8) is 0 Å². The summed E-state index contributed by atoms with van der Waals surface area (Å²) >= 11 is 0. The van der Waals surface area contributed by atoms with Crippen LogP contribution < -0.4 is 10.1 Å². The maximum atomic E-state index is 11.3. The van der Waals surface area contributed by atoms with E-state index in [-0.39, 0.29) is 11.4 Å². The highest BCUT2D eigenvalue weighted by molar-refractivity contribution is 5.72. The van der Waals surface area contributed by atoms with Gasteiger partial charge in [0.25, 0.3) is 0 Å². The predicted octanol–water partition coefficient (Wildman–Crippen LogP) is 2.86. The lowest BCUT2D eigenvalue weighted by atomic mass is 10.2. The van der Waals surface area contributed by atoms with E-state index in [1.54, 1.807) is 42.2 Å². The van der Waals surface area contributed by atoms with Crippen LogP contribution in [0.5, 0.6) is 5.75 Å². The summed E-state index contributed by atoms with van der Waals surface area (Å²) in [4.78, 5) is 10.8. The summed E-state index contributed by atoms with van der Waals surface area (Å²) < 4.78 is 7.04. The second-order valence-electron chi connectivity index (χ2n) is 4.26. The molecule has 2 rings (SSSR count). The molecule has 1 heterocycles. The fourth-order valence-electron chi connectivity index (χ4n) is 1.76. The van der Waals surface area contributed by atoms with Gasteiger partial charge in [0.1, 0.15) is 5.69 Å². The maximum Gasteiger partial charge on any atom is 0.334 e. The second-order valence-corrected chi connectivity index (χ2v) is 4.26. The van der Waals surface area contributed by atoms with Gasteiger partial charge < -0.3 is 10.1 Å². The van der Waals surface area contributed by atoms with Crippen molar-refractivity contribution in [1.29, 1.82) is 0 Å². The molecule has 0 radical (unpaired) electrons. The minimum absolute atomic E-state index is 0.0772. The minimum Gasteiger partial charge on any atom is -0.487 e. The number of nitrogens with zero attached hydrogens (tertiary/aromatic N) is 3. The first-order valence-corrected chi connectivity index (χ1v) is 6.28. The Balaban J connectivity index is 2.33. The average molecular weight is 276 g/mol. The molecule has 0 aliphatic heterocycles. The number of nitrogens with one attached hydrogen (secondary N) is 1. The van der Waals surface area contributed by atoms with Crippen LogP contribution in [0.3, 0.4) is 0 Å². The molecule has 0 aliphatic rings. The summed E-state index contributed by atoms with van der Waals surface area (Å²) in [6.07, 6.45) is 2.54. The highest BCUT2D eigenvalue weighted by atomic mass is 16.6. The van der Waals surface area contributed by atoms with E-state index in [2.05, 4.69) is 10.4 Å². The molecule has 2 aromatic rings. The van der Waals surface area contributed by atoms with Crippen LogP contribution in [-0.2, 0) is 7.05 Å². The Morgan fingerprint density at radius 2 is 2.25 bits per heavy atom. The van der Waals surface area contributed by atoms with E-state index in [9.17, 15) is 10.1 Å². The first-order valence-electron chi connectivity index (χ1n) is 6.28. The summed E-state index contributed by atoms with van der Waals surface area (Å²) in [5, 5.41) is 18.3. The molecule has 0 fully saturated rings. The highest BCUT2D eigenvalue weighted by Crippen LogP contribution is 2.36. The molecule has 0 bridgehead atoms. The zero-order valence-electron chi connectivity index (χ0n) is 11.4. The molecule has 0 saturated carbocycles. The molecule has 1 aromatic heterocycles. The molecular weight excluding hydrogens is 260 g/mol. The lowest BCUT2D eigenvalue weighted by Gasteiger charge is -2.09. The first kappa shape index (κ1) is 13.9. The fraction of sp³-hybridized carbons (Fsp3) is 0.308. The highest BCUT2D eigenvalue weighted by Gasteiger charge is 2.21. The van der Waals surface area contributed by atoms with Crippen molar-refractivity contribution >= 4 is 17.2 Å². The number of hydrogen-bond acceptors (Lipinski definition) is 5. The van der Waals surface area contributed by atoms with E-state index < -0.39 is 4.92 Å². The van der Waals surface area contributed by atoms with Crippen molar-refractivity contribution < 1.29 is 9.66 Å². The van der Waals surface area contributed by atoms with Gasteiger partial charge in [0.05, 0.1) is 11.5 Å². The van der Waals surface area contributed by atoms with E-state index in [4.69, 9.17) is 4.74 Å². The molecule has 1 N–H and O–H groups in total. The molecule has 0 atom stereocenters. The van der Waals surface area contributed by atoms with Crippen LogP contribution in [0.15, 0.2) is 30.5 Å². The lowest BCUT2D eigenvalue weighted by Crippen LogP contribution is -2.03. The largest absolute Gasteiger partial charge is 0.487 e. The first-order chi connectivity index (χ1) is 9.61. The van der Waals surface area contributed by atoms with E-state index in [1.807, 2.05) is 6.92 Å². The molecule has 0 amide bonds. The van der Waals surface area contributed by atoms with Crippen molar-refractivity contribution in [3.05, 3.63) is 40.6 Å². The van der Waals surface area contributed by atoms with Crippen molar-refractivity contribution in [1.82, 2.24) is 9.78 Å². The number of hydrogen-bond donors (Lipinski definition) is 1. The summed E-state index contributed by atoms with van der Waals surface area (Å²) in [7, 11) is 1.78. The zero-order valence-corrected chi connectivity index (χ0v) is 11.4. The summed E-state index contributed by atoms with van der Waals surface area (Å²) in [6.45, 7) is 2.38. The number of ether oxygens (including phenoxy) is 1. The van der Waals surface area contributed by atoms with Crippen molar-refractivity contribution in [2.75, 3.05) is 11.9 Å². The van der Waals surface area contributed by atoms with E-state index in [0.717, 1.165) is 6.42 Å². The number of nitro benzene ring substituents is 1. The molecule has 7 heteroatoms. The van der Waals surface area contributed by atoms with E-state index >= 15 is 0 Å². The number of aromatic nitrogens is 2. The molecule has 20 heavy (non-hydrogen) atoms. The molecule has 7 nitrogen and oxygen atoms in total. The number of nitro groups is 1. The second kappa shape index (κ2) is 6.05. The Kier molecular flexibility index (Phi) is 4.19. The molecule has 106 valence electrons. The third kappa shape index (κ3) is 3.05. The van der Waals surface area contributed by atoms with Gasteiger partial charge >= 0.3 is 5.69 Å². The van der Waals surface area contributed by atoms with Gasteiger partial charge in [-0.15, -0.1) is 0 Å². The smallest absolute Gasteiger partial charge is 0.334 e. The van der Waals surface area contributed by atoms with Crippen LogP contribution in [0.4, 0.5) is 17.2 Å². The zero-order chi connectivity index (χ0) is 14.5. The number of para-hydroxylation sites is 1. The van der Waals surface area contributed by atoms with E-state index in [0.29, 0.717) is 18.1 Å². The van der Waals surface area contributed by atoms with Gasteiger partial charge in [0, 0.05) is 19.3 Å². The van der Waals surface area contributed by atoms with Crippen molar-refractivity contribution in [3.8, 4) is 5.75 Å². The number of benzene rings is 1. The van der Waals surface area contributed by atoms with Crippen LogP contribution in [-0.4, -0.2) is 21.3 Å². The average Bonchev–Trinajstić information content (AvgIpc) is 2.81. The lowest BCUT2D eigenvalue weighted by molar-refractivity contribution is -0.384. The summed E-state index contributed by atoms with van der Waals surface area (Å²) in [5.74, 6) is 0.807. The monoisotopic (exact) mass is 276 g/mol. The molecular formula is C13H16N4O3. The Hall–Kier alpha value is -2.57. The number of rotatable bonds is 6. The van der Waals surface area contributed by atoms with Crippen LogP contribution in [0.25, 0.3) is 0 Å². The summed E-state index contributed by atoms with van der Waals surface area (Å²) in [6, 6.07) is 6.68. The Labute approximate surface area is 116 Å². The molecule has 0 saturated heterocycles. The fourth-order valence-corrected chi connectivity index (χ4v) is 1.76. The van der Waals surface area contributed by atoms with Crippen LogP contribution >= 0.6 is 0 Å². The third-order valence-corrected chi connectivity index (χ3v) is 2.62. The maximum absolute atomic E-state index is 11.3. The molecule has 0 spiro atoms. The predicted molar refractivity (Wildman–Crippen MR) is 75.4 cm³/mol. The standard InChI is InChI=1S/C13H16N4O3/c1-3-9-20-11-6-4-5-10(13(11)17(18)19)14-12-7-8-16(2)15-12/h4-8H,3,9H2,1-2H3,(H,14,15). The molecule has 0 unspecified atom stereocenters. The Morgan fingerprint density at radius 1 is 1.45 bits per heavy atom. The molecule has 0 aliphatic carbocycles. The minimum atomic E-state index is -0.448. The van der Waals surface area contributed by atoms with Crippen LogP contribution in [0.1, 0.15) is 13.3 Å². The topological polar surface area (TPSA) is 82.2 Å². The van der Waals surface area contributed by atoms with Gasteiger partial charge in [-0.3, -0.25) is 14.8 Å². The van der Waals surface area contributed by atoms with Crippen LogP contribution in [0, 0.1) is 10.1 Å². The van der Waals surface area contributed by atoms with Gasteiger partial charge in [-0.25, -0.2) is 0 Å². The molecule has 1 aromatic carbocycles. The van der Waals surface area contributed by atoms with Gasteiger partial charge in [-0.2, -0.15) is 5.10 Å².